The Morgan fingerprint density at radius 1 is 0.880 bits per heavy atom. The Morgan fingerprint density at radius 3 is 1.52 bits per heavy atom. The van der Waals surface area contributed by atoms with Gasteiger partial charge in [-0.15, -0.1) is 0 Å². The molecular formula is C22H31NOSi. The maximum Gasteiger partial charge on any atom is 0.216 e. The van der Waals surface area contributed by atoms with E-state index < -0.39 is 8.07 Å². The first kappa shape index (κ1) is 19.5. The first-order valence-electron chi connectivity index (χ1n) is 9.11. The van der Waals surface area contributed by atoms with Crippen LogP contribution in [0.3, 0.4) is 0 Å². The summed E-state index contributed by atoms with van der Waals surface area (Å²) in [4.78, 5) is 11.9. The first-order chi connectivity index (χ1) is 11.7. The van der Waals surface area contributed by atoms with Crippen LogP contribution in [0.2, 0.25) is 6.55 Å². The van der Waals surface area contributed by atoms with Gasteiger partial charge >= 0.3 is 0 Å². The van der Waals surface area contributed by atoms with Gasteiger partial charge in [-0.2, -0.15) is 0 Å². The van der Waals surface area contributed by atoms with Crippen molar-refractivity contribution >= 4 is 24.4 Å². The second-order valence-corrected chi connectivity index (χ2v) is 11.9. The highest BCUT2D eigenvalue weighted by Crippen LogP contribution is 2.17. The van der Waals surface area contributed by atoms with E-state index in [0.29, 0.717) is 0 Å². The van der Waals surface area contributed by atoms with Gasteiger partial charge in [-0.3, -0.25) is 4.79 Å². The van der Waals surface area contributed by atoms with Gasteiger partial charge in [0.15, 0.2) is 0 Å². The van der Waals surface area contributed by atoms with E-state index in [1.807, 2.05) is 0 Å². The molecule has 0 aliphatic heterocycles. The van der Waals surface area contributed by atoms with Crippen molar-refractivity contribution in [2.45, 2.75) is 60.2 Å². The van der Waals surface area contributed by atoms with Gasteiger partial charge < -0.3 is 5.32 Å². The molecule has 0 radical (unpaired) electrons. The Morgan fingerprint density at radius 2 is 1.24 bits per heavy atom. The molecule has 0 aliphatic carbocycles. The number of benzene rings is 2. The lowest BCUT2D eigenvalue weighted by Gasteiger charge is -2.37. The normalized spacial score (nSPS) is 12.8. The third-order valence-electron chi connectivity index (χ3n) is 5.13. The minimum Gasteiger partial charge on any atom is -0.355 e. The van der Waals surface area contributed by atoms with E-state index in [-0.39, 0.29) is 11.6 Å². The SMILES string of the molecule is CCC(NC(C)=O)[Si](C)(c1cc(C)cc(C)c1)c1cc(C)cc(C)c1. The van der Waals surface area contributed by atoms with Gasteiger partial charge in [-0.1, -0.05) is 82.5 Å². The number of carbonyl (C=O) groups excluding carboxylic acids is 1. The van der Waals surface area contributed by atoms with Crippen LogP contribution in [0, 0.1) is 27.7 Å². The molecule has 1 amide bonds. The minimum absolute atomic E-state index is 0.0549. The lowest BCUT2D eigenvalue weighted by atomic mass is 10.2. The highest BCUT2D eigenvalue weighted by atomic mass is 28.3. The molecule has 1 atom stereocenters. The molecule has 0 spiro atoms. The molecule has 0 fully saturated rings. The lowest BCUT2D eigenvalue weighted by Crippen LogP contribution is -2.69. The van der Waals surface area contributed by atoms with Crippen molar-refractivity contribution in [2.24, 2.45) is 0 Å². The Kier molecular flexibility index (Phi) is 5.89. The summed E-state index contributed by atoms with van der Waals surface area (Å²) in [6.07, 6.45) is 0.933. The largest absolute Gasteiger partial charge is 0.355 e. The summed E-state index contributed by atoms with van der Waals surface area (Å²) in [5.41, 5.74) is 5.32. The second-order valence-electron chi connectivity index (χ2n) is 7.62. The van der Waals surface area contributed by atoms with Gasteiger partial charge in [0.1, 0.15) is 8.07 Å². The van der Waals surface area contributed by atoms with Crippen LogP contribution >= 0.6 is 0 Å². The van der Waals surface area contributed by atoms with E-state index >= 15 is 0 Å². The maximum absolute atomic E-state index is 11.9. The Balaban J connectivity index is 2.75. The quantitative estimate of drug-likeness (QED) is 0.818. The van der Waals surface area contributed by atoms with E-state index in [2.05, 4.69) is 82.9 Å². The van der Waals surface area contributed by atoms with Crippen molar-refractivity contribution in [1.82, 2.24) is 5.32 Å². The number of carbonyl (C=O) groups is 1. The van der Waals surface area contributed by atoms with Crippen molar-refractivity contribution in [3.8, 4) is 0 Å². The Hall–Kier alpha value is -1.87. The van der Waals surface area contributed by atoms with Crippen LogP contribution in [0.4, 0.5) is 0 Å². The molecule has 0 aliphatic rings. The van der Waals surface area contributed by atoms with Crippen LogP contribution in [0.5, 0.6) is 0 Å². The van der Waals surface area contributed by atoms with Crippen molar-refractivity contribution in [3.63, 3.8) is 0 Å². The summed E-state index contributed by atoms with van der Waals surface area (Å²) in [6.45, 7) is 14.8. The summed E-state index contributed by atoms with van der Waals surface area (Å²) >= 11 is 0. The summed E-state index contributed by atoms with van der Waals surface area (Å²) in [5.74, 6) is 0.0549. The molecular weight excluding hydrogens is 322 g/mol. The standard InChI is InChI=1S/C22H31NOSi/c1-8-22(23-19(6)24)25(7,20-11-15(2)9-16(3)12-20)21-13-17(4)10-18(5)14-21/h9-14,22H,8H2,1-7H3,(H,23,24). The monoisotopic (exact) mass is 353 g/mol. The van der Waals surface area contributed by atoms with Crippen molar-refractivity contribution in [3.05, 3.63) is 58.7 Å². The smallest absolute Gasteiger partial charge is 0.216 e. The topological polar surface area (TPSA) is 29.1 Å². The number of hydrogen-bond donors (Lipinski definition) is 1. The zero-order valence-corrected chi connectivity index (χ0v) is 17.7. The maximum atomic E-state index is 11.9. The van der Waals surface area contributed by atoms with Crippen LogP contribution in [0.25, 0.3) is 0 Å². The molecule has 3 heteroatoms. The molecule has 134 valence electrons. The van der Waals surface area contributed by atoms with Gasteiger partial charge in [0.2, 0.25) is 5.91 Å². The van der Waals surface area contributed by atoms with Gasteiger partial charge in [0.05, 0.1) is 0 Å². The third kappa shape index (κ3) is 4.21. The van der Waals surface area contributed by atoms with Crippen molar-refractivity contribution in [2.75, 3.05) is 0 Å². The fraction of sp³-hybridized carbons (Fsp3) is 0.409. The predicted octanol–water partition coefficient (Wildman–Crippen LogP) is 3.57. The highest BCUT2D eigenvalue weighted by molar-refractivity contribution is 7.02. The average Bonchev–Trinajstić information content (AvgIpc) is 2.49. The van der Waals surface area contributed by atoms with E-state index in [9.17, 15) is 4.79 Å². The van der Waals surface area contributed by atoms with Crippen LogP contribution < -0.4 is 15.7 Å². The molecule has 0 saturated heterocycles. The molecule has 0 saturated carbocycles. The molecule has 2 aromatic carbocycles. The molecule has 2 nitrogen and oxygen atoms in total. The summed E-state index contributed by atoms with van der Waals surface area (Å²) in [6, 6.07) is 13.7. The van der Waals surface area contributed by atoms with Crippen molar-refractivity contribution < 1.29 is 4.79 Å². The fourth-order valence-electron chi connectivity index (χ4n) is 4.02. The van der Waals surface area contributed by atoms with Crippen LogP contribution in [-0.4, -0.2) is 19.6 Å². The molecule has 0 heterocycles. The van der Waals surface area contributed by atoms with E-state index in [4.69, 9.17) is 0 Å². The summed E-state index contributed by atoms with van der Waals surface area (Å²) in [7, 11) is -2.15. The van der Waals surface area contributed by atoms with Gasteiger partial charge in [-0.05, 0) is 34.1 Å². The number of aryl methyl sites for hydroxylation is 4. The second kappa shape index (κ2) is 7.57. The first-order valence-corrected chi connectivity index (χ1v) is 11.7. The zero-order valence-electron chi connectivity index (χ0n) is 16.7. The van der Waals surface area contributed by atoms with E-state index in [0.717, 1.165) is 6.42 Å². The summed E-state index contributed by atoms with van der Waals surface area (Å²) < 4.78 is 0. The predicted molar refractivity (Wildman–Crippen MR) is 111 cm³/mol. The van der Waals surface area contributed by atoms with Crippen LogP contribution in [-0.2, 0) is 4.79 Å². The molecule has 0 bridgehead atoms. The number of rotatable bonds is 5. The number of hydrogen-bond acceptors (Lipinski definition) is 1. The van der Waals surface area contributed by atoms with Gasteiger partial charge in [0, 0.05) is 12.6 Å². The molecule has 1 unspecified atom stereocenters. The fourth-order valence-corrected chi connectivity index (χ4v) is 8.57. The van der Waals surface area contributed by atoms with E-state index in [1.165, 1.54) is 32.6 Å². The molecule has 1 N–H and O–H groups in total. The van der Waals surface area contributed by atoms with Crippen LogP contribution in [0.1, 0.15) is 42.5 Å². The zero-order chi connectivity index (χ0) is 18.8. The molecule has 25 heavy (non-hydrogen) atoms. The number of amides is 1. The highest BCUT2D eigenvalue weighted by Gasteiger charge is 2.40. The molecule has 0 aromatic heterocycles. The third-order valence-corrected chi connectivity index (χ3v) is 10.0. The van der Waals surface area contributed by atoms with Crippen molar-refractivity contribution in [1.29, 1.82) is 0 Å². The minimum atomic E-state index is -2.15. The molecule has 2 rings (SSSR count). The van der Waals surface area contributed by atoms with E-state index in [1.54, 1.807) is 6.92 Å². The molecule has 2 aromatic rings. The lowest BCUT2D eigenvalue weighted by molar-refractivity contribution is -0.119. The average molecular weight is 354 g/mol. The Bertz CT molecular complexity index is 690. The van der Waals surface area contributed by atoms with Crippen LogP contribution in [0.15, 0.2) is 36.4 Å². The van der Waals surface area contributed by atoms with Gasteiger partial charge in [-0.25, -0.2) is 0 Å². The summed E-state index contributed by atoms with van der Waals surface area (Å²) in [5, 5.41) is 6.07. The number of nitrogens with one attached hydrogen (secondary N) is 1. The van der Waals surface area contributed by atoms with Gasteiger partial charge in [0.25, 0.3) is 0 Å². The Labute approximate surface area is 153 Å².